The highest BCUT2D eigenvalue weighted by Crippen LogP contribution is 2.03. The molecule has 0 aliphatic heterocycles. The zero-order valence-corrected chi connectivity index (χ0v) is 7.80. The molecule has 4 heteroatoms. The van der Waals surface area contributed by atoms with Gasteiger partial charge in [-0.05, 0) is 0 Å². The average molecular weight is 200 g/mol. The van der Waals surface area contributed by atoms with Gasteiger partial charge >= 0.3 is 0 Å². The number of H-pyrrole nitrogens is 1. The number of ether oxygens (including phenoxy) is 1. The minimum absolute atomic E-state index is 0.170. The van der Waals surface area contributed by atoms with Crippen LogP contribution in [0.3, 0.4) is 0 Å². The number of nitrogens with one attached hydrogen (secondary N) is 1. The lowest BCUT2D eigenvalue weighted by atomic mass is 10.3. The second kappa shape index (κ2) is 4.72. The molecule has 0 bridgehead atoms. The maximum atomic E-state index is 11.3. The largest absolute Gasteiger partial charge is 0.484 e. The van der Waals surface area contributed by atoms with Crippen LogP contribution in [0.1, 0.15) is 5.69 Å². The lowest BCUT2D eigenvalue weighted by Gasteiger charge is -2.02. The predicted octanol–water partition coefficient (Wildman–Crippen LogP) is 1.68. The molecule has 0 aliphatic rings. The zero-order valence-electron chi connectivity index (χ0n) is 7.05. The first-order valence-electron chi connectivity index (χ1n) is 3.79. The molecule has 1 heterocycles. The number of aromatic amines is 1. The summed E-state index contributed by atoms with van der Waals surface area (Å²) in [7, 11) is 0. The van der Waals surface area contributed by atoms with E-state index in [0.717, 1.165) is 0 Å². The van der Waals surface area contributed by atoms with Crippen molar-refractivity contribution in [3.8, 4) is 5.75 Å². The summed E-state index contributed by atoms with van der Waals surface area (Å²) in [6.07, 6.45) is 3.08. The van der Waals surface area contributed by atoms with Crippen molar-refractivity contribution in [2.45, 2.75) is 5.88 Å². The van der Waals surface area contributed by atoms with E-state index < -0.39 is 0 Å². The summed E-state index contributed by atoms with van der Waals surface area (Å²) in [6, 6.07) is 1.42. The van der Waals surface area contributed by atoms with Crippen molar-refractivity contribution in [1.82, 2.24) is 4.98 Å². The van der Waals surface area contributed by atoms with Crippen LogP contribution in [0.25, 0.3) is 0 Å². The van der Waals surface area contributed by atoms with Gasteiger partial charge in [-0.1, -0.05) is 12.7 Å². The van der Waals surface area contributed by atoms with E-state index in [1.807, 2.05) is 0 Å². The molecule has 0 amide bonds. The van der Waals surface area contributed by atoms with Crippen LogP contribution >= 0.6 is 11.6 Å². The first-order valence-corrected chi connectivity index (χ1v) is 4.32. The molecule has 70 valence electrons. The van der Waals surface area contributed by atoms with Gasteiger partial charge in [0.2, 0.25) is 5.43 Å². The normalized spacial score (nSPS) is 9.62. The van der Waals surface area contributed by atoms with Gasteiger partial charge < -0.3 is 9.72 Å². The number of hydrogen-bond donors (Lipinski definition) is 1. The molecule has 0 aromatic carbocycles. The predicted molar refractivity (Wildman–Crippen MR) is 52.3 cm³/mol. The van der Waals surface area contributed by atoms with E-state index in [2.05, 4.69) is 11.6 Å². The monoisotopic (exact) mass is 199 g/mol. The molecule has 1 aromatic heterocycles. The topological polar surface area (TPSA) is 42.1 Å². The van der Waals surface area contributed by atoms with Crippen molar-refractivity contribution in [2.24, 2.45) is 0 Å². The van der Waals surface area contributed by atoms with Crippen molar-refractivity contribution < 1.29 is 4.74 Å². The molecule has 3 nitrogen and oxygen atoms in total. The highest BCUT2D eigenvalue weighted by atomic mass is 35.5. The fourth-order valence-electron chi connectivity index (χ4n) is 0.839. The third-order valence-corrected chi connectivity index (χ3v) is 1.73. The van der Waals surface area contributed by atoms with Gasteiger partial charge in [0.25, 0.3) is 0 Å². The van der Waals surface area contributed by atoms with E-state index in [9.17, 15) is 4.79 Å². The molecule has 0 saturated heterocycles. The third-order valence-electron chi connectivity index (χ3n) is 1.44. The Morgan fingerprint density at radius 1 is 1.69 bits per heavy atom. The Morgan fingerprint density at radius 3 is 3.00 bits per heavy atom. The minimum atomic E-state index is -0.170. The van der Waals surface area contributed by atoms with E-state index >= 15 is 0 Å². The Labute approximate surface area is 81.0 Å². The summed E-state index contributed by atoms with van der Waals surface area (Å²) in [5.74, 6) is 0.575. The number of aromatic nitrogens is 1. The number of pyridine rings is 1. The summed E-state index contributed by atoms with van der Waals surface area (Å²) in [4.78, 5) is 14.1. The van der Waals surface area contributed by atoms with Crippen LogP contribution in [0.15, 0.2) is 29.7 Å². The molecule has 1 aromatic rings. The van der Waals surface area contributed by atoms with Crippen molar-refractivity contribution in [3.05, 3.63) is 40.8 Å². The SMILES string of the molecule is C=CCOc1c[nH]c(CCl)cc1=O. The standard InChI is InChI=1S/C9H10ClNO2/c1-2-3-13-9-6-11-7(5-10)4-8(9)12/h2,4,6H,1,3,5H2,(H,11,12). The first kappa shape index (κ1) is 9.86. The van der Waals surface area contributed by atoms with Crippen LogP contribution in [0.4, 0.5) is 0 Å². The van der Waals surface area contributed by atoms with Crippen LogP contribution in [0, 0.1) is 0 Å². The number of hydrogen-bond acceptors (Lipinski definition) is 2. The molecule has 0 spiro atoms. The van der Waals surface area contributed by atoms with E-state index in [1.165, 1.54) is 12.3 Å². The average Bonchev–Trinajstić information content (AvgIpc) is 2.16. The van der Waals surface area contributed by atoms with Gasteiger partial charge in [0.05, 0.1) is 5.88 Å². The van der Waals surface area contributed by atoms with Crippen molar-refractivity contribution in [2.75, 3.05) is 6.61 Å². The van der Waals surface area contributed by atoms with E-state index in [1.54, 1.807) is 6.08 Å². The number of halogens is 1. The lowest BCUT2D eigenvalue weighted by Crippen LogP contribution is -2.08. The van der Waals surface area contributed by atoms with Crippen molar-refractivity contribution >= 4 is 11.6 Å². The Hall–Kier alpha value is -1.22. The molecular weight excluding hydrogens is 190 g/mol. The maximum Gasteiger partial charge on any atom is 0.223 e. The van der Waals surface area contributed by atoms with Gasteiger partial charge in [0.15, 0.2) is 5.75 Å². The van der Waals surface area contributed by atoms with Crippen LogP contribution < -0.4 is 10.2 Å². The summed E-state index contributed by atoms with van der Waals surface area (Å²) < 4.78 is 5.08. The highest BCUT2D eigenvalue weighted by molar-refractivity contribution is 6.16. The smallest absolute Gasteiger partial charge is 0.223 e. The lowest BCUT2D eigenvalue weighted by molar-refractivity contribution is 0.358. The number of alkyl halides is 1. The first-order chi connectivity index (χ1) is 6.27. The highest BCUT2D eigenvalue weighted by Gasteiger charge is 2.00. The summed E-state index contributed by atoms with van der Waals surface area (Å²) >= 11 is 5.53. The molecule has 0 radical (unpaired) electrons. The minimum Gasteiger partial charge on any atom is -0.484 e. The number of rotatable bonds is 4. The zero-order chi connectivity index (χ0) is 9.68. The van der Waals surface area contributed by atoms with E-state index in [0.29, 0.717) is 12.3 Å². The quantitative estimate of drug-likeness (QED) is 0.592. The molecular formula is C9H10ClNO2. The van der Waals surface area contributed by atoms with Crippen molar-refractivity contribution in [1.29, 1.82) is 0 Å². The van der Waals surface area contributed by atoms with Crippen LogP contribution in [-0.4, -0.2) is 11.6 Å². The van der Waals surface area contributed by atoms with E-state index in [-0.39, 0.29) is 17.1 Å². The Kier molecular flexibility index (Phi) is 3.58. The second-order valence-corrected chi connectivity index (χ2v) is 2.69. The van der Waals surface area contributed by atoms with E-state index in [4.69, 9.17) is 16.3 Å². The second-order valence-electron chi connectivity index (χ2n) is 2.42. The fraction of sp³-hybridized carbons (Fsp3) is 0.222. The Bertz CT molecular complexity index is 346. The van der Waals surface area contributed by atoms with Gasteiger partial charge in [-0.25, -0.2) is 0 Å². The van der Waals surface area contributed by atoms with Crippen molar-refractivity contribution in [3.63, 3.8) is 0 Å². The van der Waals surface area contributed by atoms with Gasteiger partial charge in [-0.2, -0.15) is 0 Å². The third kappa shape index (κ3) is 2.63. The van der Waals surface area contributed by atoms with Crippen LogP contribution in [-0.2, 0) is 5.88 Å². The van der Waals surface area contributed by atoms with Crippen LogP contribution in [0.5, 0.6) is 5.75 Å². The summed E-state index contributed by atoms with van der Waals surface area (Å²) in [5, 5.41) is 0. The summed E-state index contributed by atoms with van der Waals surface area (Å²) in [5.41, 5.74) is 0.508. The van der Waals surface area contributed by atoms with Gasteiger partial charge in [-0.3, -0.25) is 4.79 Å². The molecule has 1 rings (SSSR count). The fourth-order valence-corrected chi connectivity index (χ4v) is 0.993. The molecule has 0 saturated carbocycles. The molecule has 0 atom stereocenters. The molecule has 0 fully saturated rings. The summed E-state index contributed by atoms with van der Waals surface area (Å²) in [6.45, 7) is 3.80. The van der Waals surface area contributed by atoms with Crippen LogP contribution in [0.2, 0.25) is 0 Å². The molecule has 1 N–H and O–H groups in total. The van der Waals surface area contributed by atoms with Gasteiger partial charge in [0, 0.05) is 18.0 Å². The molecule has 13 heavy (non-hydrogen) atoms. The van der Waals surface area contributed by atoms with Gasteiger partial charge in [0.1, 0.15) is 6.61 Å². The molecule has 0 unspecified atom stereocenters. The Balaban J connectivity index is 2.85. The maximum absolute atomic E-state index is 11.3. The van der Waals surface area contributed by atoms with Gasteiger partial charge in [-0.15, -0.1) is 11.6 Å². The molecule has 0 aliphatic carbocycles. The Morgan fingerprint density at radius 2 is 2.46 bits per heavy atom.